The van der Waals surface area contributed by atoms with Crippen molar-refractivity contribution in [2.75, 3.05) is 31.5 Å². The van der Waals surface area contributed by atoms with E-state index >= 15 is 0 Å². The fraction of sp³-hybridized carbons (Fsp3) is 0.450. The summed E-state index contributed by atoms with van der Waals surface area (Å²) >= 11 is 0. The van der Waals surface area contributed by atoms with Gasteiger partial charge in [0.15, 0.2) is 0 Å². The Hall–Kier alpha value is -5.26. The highest BCUT2D eigenvalue weighted by molar-refractivity contribution is 5.95. The molecule has 2 aliphatic rings. The van der Waals surface area contributed by atoms with Gasteiger partial charge >= 0.3 is 6.03 Å². The van der Waals surface area contributed by atoms with Gasteiger partial charge in [-0.15, -0.1) is 0 Å². The lowest BCUT2D eigenvalue weighted by Crippen LogP contribution is -2.58. The number of urea groups is 1. The Labute approximate surface area is 306 Å². The van der Waals surface area contributed by atoms with E-state index in [0.29, 0.717) is 64.1 Å². The molecule has 0 spiro atoms. The standard InChI is InChI=1S/C40H51N7O5/c1-40(2,3)27-42-35(48)24-34(45-39(52)46-21-18-30(19-22-46)36(49)43-32-14-9-20-41-25-32)37(50)44-33(16-15-28-10-5-4-6-11-28)38(51)47-23-17-29-12-7-8-13-31(29)26-47/h4-14,20,25,30,33-34H,15-19,21-24,26-27H2,1-3H3,(H,42,48)(H,43,49)(H,44,50)(H,45,52)/t33-,34-/m0/s1. The van der Waals surface area contributed by atoms with Crippen LogP contribution >= 0.6 is 0 Å². The first-order valence-corrected chi connectivity index (χ1v) is 18.2. The van der Waals surface area contributed by atoms with Crippen molar-refractivity contribution in [1.82, 2.24) is 30.7 Å². The lowest BCUT2D eigenvalue weighted by atomic mass is 9.96. The van der Waals surface area contributed by atoms with Gasteiger partial charge in [-0.1, -0.05) is 75.4 Å². The molecule has 12 nitrogen and oxygen atoms in total. The minimum absolute atomic E-state index is 0.135. The summed E-state index contributed by atoms with van der Waals surface area (Å²) in [6.07, 6.45) is 5.41. The van der Waals surface area contributed by atoms with E-state index in [4.69, 9.17) is 0 Å². The molecule has 0 radical (unpaired) electrons. The Kier molecular flexibility index (Phi) is 13.0. The maximum absolute atomic E-state index is 14.1. The summed E-state index contributed by atoms with van der Waals surface area (Å²) in [5, 5.41) is 11.5. The Morgan fingerprint density at radius 2 is 1.54 bits per heavy atom. The third-order valence-electron chi connectivity index (χ3n) is 9.52. The van der Waals surface area contributed by atoms with Crippen molar-refractivity contribution < 1.29 is 24.0 Å². The molecule has 12 heteroatoms. The predicted molar refractivity (Wildman–Crippen MR) is 199 cm³/mol. The first kappa shape index (κ1) is 38.0. The van der Waals surface area contributed by atoms with Gasteiger partial charge in [0.1, 0.15) is 12.1 Å². The summed E-state index contributed by atoms with van der Waals surface area (Å²) in [5.41, 5.74) is 3.74. The minimum atomic E-state index is -1.23. The second kappa shape index (κ2) is 17.8. The normalized spacial score (nSPS) is 15.8. The third kappa shape index (κ3) is 11.1. The summed E-state index contributed by atoms with van der Waals surface area (Å²) in [7, 11) is 0. The Morgan fingerprint density at radius 3 is 2.23 bits per heavy atom. The molecule has 2 aliphatic heterocycles. The van der Waals surface area contributed by atoms with Crippen LogP contribution in [0.25, 0.3) is 0 Å². The lowest BCUT2D eigenvalue weighted by molar-refractivity contribution is -0.138. The smallest absolute Gasteiger partial charge is 0.318 e. The largest absolute Gasteiger partial charge is 0.355 e. The van der Waals surface area contributed by atoms with E-state index in [1.54, 1.807) is 34.3 Å². The molecule has 0 bridgehead atoms. The van der Waals surface area contributed by atoms with Gasteiger partial charge in [0.2, 0.25) is 23.6 Å². The molecule has 1 aromatic heterocycles. The molecule has 3 heterocycles. The topological polar surface area (TPSA) is 153 Å². The number of rotatable bonds is 12. The van der Waals surface area contributed by atoms with Gasteiger partial charge in [-0.3, -0.25) is 24.2 Å². The number of likely N-dealkylation sites (tertiary alicyclic amines) is 1. The Morgan fingerprint density at radius 1 is 0.827 bits per heavy atom. The molecular formula is C40H51N7O5. The van der Waals surface area contributed by atoms with Gasteiger partial charge in [0.05, 0.1) is 18.3 Å². The van der Waals surface area contributed by atoms with Crippen LogP contribution in [0, 0.1) is 11.3 Å². The van der Waals surface area contributed by atoms with Gasteiger partial charge < -0.3 is 31.1 Å². The van der Waals surface area contributed by atoms with Crippen molar-refractivity contribution in [3.8, 4) is 0 Å². The second-order valence-electron chi connectivity index (χ2n) is 14.9. The molecule has 0 unspecified atom stereocenters. The van der Waals surface area contributed by atoms with Crippen LogP contribution in [0.1, 0.15) is 63.1 Å². The van der Waals surface area contributed by atoms with Crippen LogP contribution in [0.3, 0.4) is 0 Å². The van der Waals surface area contributed by atoms with Crippen LogP contribution in [0.2, 0.25) is 0 Å². The van der Waals surface area contributed by atoms with Crippen molar-refractivity contribution in [2.45, 2.75) is 77.9 Å². The monoisotopic (exact) mass is 709 g/mol. The summed E-state index contributed by atoms with van der Waals surface area (Å²) in [6.45, 7) is 7.92. The van der Waals surface area contributed by atoms with E-state index in [2.05, 4.69) is 32.3 Å². The van der Waals surface area contributed by atoms with Crippen LogP contribution in [0.15, 0.2) is 79.1 Å². The number of aryl methyl sites for hydroxylation is 1. The van der Waals surface area contributed by atoms with Gasteiger partial charge in [-0.2, -0.15) is 0 Å². The van der Waals surface area contributed by atoms with E-state index < -0.39 is 24.0 Å². The minimum Gasteiger partial charge on any atom is -0.355 e. The first-order valence-electron chi connectivity index (χ1n) is 18.2. The van der Waals surface area contributed by atoms with Crippen LogP contribution in [0.4, 0.5) is 10.5 Å². The average molecular weight is 710 g/mol. The zero-order valence-electron chi connectivity index (χ0n) is 30.4. The highest BCUT2D eigenvalue weighted by atomic mass is 16.2. The molecular weight excluding hydrogens is 658 g/mol. The van der Waals surface area contributed by atoms with E-state index in [9.17, 15) is 24.0 Å². The van der Waals surface area contributed by atoms with Gasteiger partial charge in [0, 0.05) is 44.8 Å². The number of fused-ring (bicyclic) bond motifs is 1. The zero-order valence-corrected chi connectivity index (χ0v) is 30.4. The quantitative estimate of drug-likeness (QED) is 0.223. The fourth-order valence-corrected chi connectivity index (χ4v) is 6.49. The highest BCUT2D eigenvalue weighted by Gasteiger charge is 2.34. The number of pyridine rings is 1. The van der Waals surface area contributed by atoms with Crippen LogP contribution < -0.4 is 21.3 Å². The summed E-state index contributed by atoms with van der Waals surface area (Å²) < 4.78 is 0. The maximum atomic E-state index is 14.1. The third-order valence-corrected chi connectivity index (χ3v) is 9.52. The van der Waals surface area contributed by atoms with Crippen molar-refractivity contribution in [3.63, 3.8) is 0 Å². The molecule has 2 aromatic carbocycles. The summed E-state index contributed by atoms with van der Waals surface area (Å²) in [6, 6.07) is 18.7. The Bertz CT molecular complexity index is 1690. The highest BCUT2D eigenvalue weighted by Crippen LogP contribution is 2.22. The van der Waals surface area contributed by atoms with Crippen molar-refractivity contribution in [2.24, 2.45) is 11.3 Å². The number of piperidine rings is 1. The SMILES string of the molecule is CC(C)(C)CNC(=O)C[C@H](NC(=O)N1CCC(C(=O)Nc2cccnc2)CC1)C(=O)N[C@@H](CCc1ccccc1)C(=O)N1CCc2ccccc2C1. The van der Waals surface area contributed by atoms with Crippen LogP contribution in [-0.4, -0.2) is 82.7 Å². The van der Waals surface area contributed by atoms with E-state index in [0.717, 1.165) is 17.5 Å². The molecule has 2 atom stereocenters. The van der Waals surface area contributed by atoms with E-state index in [-0.39, 0.29) is 35.5 Å². The van der Waals surface area contributed by atoms with Crippen LogP contribution in [0.5, 0.6) is 0 Å². The molecule has 0 saturated carbocycles. The number of hydrogen-bond acceptors (Lipinski definition) is 6. The molecule has 5 rings (SSSR count). The number of hydrogen-bond donors (Lipinski definition) is 4. The molecule has 4 N–H and O–H groups in total. The number of aromatic nitrogens is 1. The molecule has 1 saturated heterocycles. The van der Waals surface area contributed by atoms with E-state index in [1.165, 1.54) is 5.56 Å². The number of nitrogens with one attached hydrogen (secondary N) is 4. The van der Waals surface area contributed by atoms with Gasteiger partial charge in [0.25, 0.3) is 0 Å². The number of anilines is 1. The zero-order chi connectivity index (χ0) is 37.1. The molecule has 1 fully saturated rings. The van der Waals surface area contributed by atoms with E-state index in [1.807, 2.05) is 69.3 Å². The van der Waals surface area contributed by atoms with Gasteiger partial charge in [-0.25, -0.2) is 4.79 Å². The molecule has 0 aliphatic carbocycles. The molecule has 6 amide bonds. The predicted octanol–water partition coefficient (Wildman–Crippen LogP) is 4.07. The molecule has 3 aromatic rings. The van der Waals surface area contributed by atoms with Crippen molar-refractivity contribution in [1.29, 1.82) is 0 Å². The summed E-state index contributed by atoms with van der Waals surface area (Å²) in [5.74, 6) is -1.61. The number of amides is 6. The number of benzene rings is 2. The number of nitrogens with zero attached hydrogens (tertiary/aromatic N) is 3. The summed E-state index contributed by atoms with van der Waals surface area (Å²) in [4.78, 5) is 75.1. The number of carbonyl (C=O) groups is 5. The van der Waals surface area contributed by atoms with Gasteiger partial charge in [-0.05, 0) is 66.3 Å². The maximum Gasteiger partial charge on any atom is 0.318 e. The Balaban J connectivity index is 1.27. The molecule has 52 heavy (non-hydrogen) atoms. The fourth-order valence-electron chi connectivity index (χ4n) is 6.49. The molecule has 276 valence electrons. The van der Waals surface area contributed by atoms with Crippen molar-refractivity contribution in [3.05, 3.63) is 95.8 Å². The lowest BCUT2D eigenvalue weighted by Gasteiger charge is -2.34. The van der Waals surface area contributed by atoms with Crippen LogP contribution in [-0.2, 0) is 38.6 Å². The first-order chi connectivity index (χ1) is 24.9. The van der Waals surface area contributed by atoms with Crippen molar-refractivity contribution >= 4 is 35.3 Å². The number of carbonyl (C=O) groups excluding carboxylic acids is 5. The average Bonchev–Trinajstić information content (AvgIpc) is 3.15. The second-order valence-corrected chi connectivity index (χ2v) is 14.9.